The molecule has 5 aromatic rings. The van der Waals surface area contributed by atoms with Crippen LogP contribution in [0.25, 0.3) is 22.5 Å². The minimum atomic E-state index is -0.455. The van der Waals surface area contributed by atoms with E-state index >= 15 is 0 Å². The second kappa shape index (κ2) is 16.3. The van der Waals surface area contributed by atoms with Gasteiger partial charge in [0.15, 0.2) is 0 Å². The van der Waals surface area contributed by atoms with E-state index in [0.717, 1.165) is 35.4 Å². The lowest BCUT2D eigenvalue weighted by atomic mass is 10.1. The van der Waals surface area contributed by atoms with Crippen molar-refractivity contribution in [3.63, 3.8) is 0 Å². The van der Waals surface area contributed by atoms with Crippen molar-refractivity contribution in [2.24, 2.45) is 0 Å². The highest BCUT2D eigenvalue weighted by atomic mass is 16.5. The number of carbonyl (C=O) groups is 2. The summed E-state index contributed by atoms with van der Waals surface area (Å²) in [6, 6.07) is 29.7. The van der Waals surface area contributed by atoms with E-state index in [0.29, 0.717) is 22.6 Å². The van der Waals surface area contributed by atoms with Crippen LogP contribution in [0.2, 0.25) is 0 Å². The maximum absolute atomic E-state index is 12.9. The highest BCUT2D eigenvalue weighted by Gasteiger charge is 2.11. The van der Waals surface area contributed by atoms with E-state index < -0.39 is 5.97 Å². The van der Waals surface area contributed by atoms with Crippen molar-refractivity contribution in [3.05, 3.63) is 132 Å². The van der Waals surface area contributed by atoms with Gasteiger partial charge in [0.1, 0.15) is 5.75 Å². The molecule has 3 aromatic carbocycles. The number of aromatic nitrogens is 2. The number of carbonyl (C=O) groups excluding carboxylic acids is 2. The van der Waals surface area contributed by atoms with E-state index in [1.807, 2.05) is 48.8 Å². The van der Waals surface area contributed by atoms with Gasteiger partial charge in [-0.15, -0.1) is 0 Å². The Labute approximate surface area is 271 Å². The van der Waals surface area contributed by atoms with Crippen LogP contribution in [0, 0.1) is 0 Å². The first-order valence-electron chi connectivity index (χ1n) is 16.3. The Morgan fingerprint density at radius 3 is 1.54 bits per heavy atom. The maximum Gasteiger partial charge on any atom is 0.343 e. The molecule has 0 fully saturated rings. The van der Waals surface area contributed by atoms with Gasteiger partial charge >= 0.3 is 5.97 Å². The summed E-state index contributed by atoms with van der Waals surface area (Å²) in [6.45, 7) is 4.41. The molecule has 0 atom stereocenters. The number of pyridine rings is 2. The standard InChI is InChI=1S/C40H41N3O3/c1-3-5-7-9-29-11-25-37(41-27-29)31-13-17-33(18-14-31)39(44)43-35-21-23-36(24-22-35)46-40(45)34-19-15-32(16-20-34)38-26-12-30(28-42-38)10-8-6-4-2/h11-28H,3-10H2,1-2H3,(H,43,44). The number of aryl methyl sites for hydroxylation is 2. The first kappa shape index (κ1) is 32.3. The molecule has 1 N–H and O–H groups in total. The zero-order valence-electron chi connectivity index (χ0n) is 26.7. The summed E-state index contributed by atoms with van der Waals surface area (Å²) in [4.78, 5) is 34.8. The molecule has 6 nitrogen and oxygen atoms in total. The van der Waals surface area contributed by atoms with Crippen LogP contribution in [0.4, 0.5) is 5.69 Å². The Morgan fingerprint density at radius 2 is 1.09 bits per heavy atom. The summed E-state index contributed by atoms with van der Waals surface area (Å²) >= 11 is 0. The van der Waals surface area contributed by atoms with Crippen LogP contribution < -0.4 is 10.1 Å². The average molecular weight is 612 g/mol. The largest absolute Gasteiger partial charge is 0.423 e. The molecule has 0 spiro atoms. The Bertz CT molecular complexity index is 1570. The lowest BCUT2D eigenvalue weighted by molar-refractivity contribution is 0.0734. The monoisotopic (exact) mass is 611 g/mol. The Morgan fingerprint density at radius 1 is 0.587 bits per heavy atom. The predicted octanol–water partition coefficient (Wildman–Crippen LogP) is 9.75. The molecule has 1 amide bonds. The number of anilines is 1. The van der Waals surface area contributed by atoms with Gasteiger partial charge in [0.25, 0.3) is 5.91 Å². The minimum Gasteiger partial charge on any atom is -0.423 e. The highest BCUT2D eigenvalue weighted by Crippen LogP contribution is 2.23. The molecular weight excluding hydrogens is 570 g/mol. The van der Waals surface area contributed by atoms with E-state index in [2.05, 4.69) is 41.3 Å². The van der Waals surface area contributed by atoms with Crippen molar-refractivity contribution in [3.8, 4) is 28.3 Å². The van der Waals surface area contributed by atoms with Gasteiger partial charge in [-0.2, -0.15) is 0 Å². The second-order valence-corrected chi connectivity index (χ2v) is 11.5. The Hall–Kier alpha value is -5.10. The van der Waals surface area contributed by atoms with E-state index in [4.69, 9.17) is 4.74 Å². The van der Waals surface area contributed by atoms with Gasteiger partial charge in [-0.05, 0) is 97.5 Å². The van der Waals surface area contributed by atoms with Gasteiger partial charge in [-0.1, -0.05) is 75.9 Å². The zero-order valence-corrected chi connectivity index (χ0v) is 26.7. The summed E-state index contributed by atoms with van der Waals surface area (Å²) in [6.07, 6.45) is 13.2. The third-order valence-corrected chi connectivity index (χ3v) is 7.97. The van der Waals surface area contributed by atoms with Crippen LogP contribution in [0.1, 0.15) is 84.2 Å². The maximum atomic E-state index is 12.9. The van der Waals surface area contributed by atoms with Gasteiger partial charge in [-0.25, -0.2) is 4.79 Å². The van der Waals surface area contributed by atoms with Crippen LogP contribution in [0.5, 0.6) is 5.75 Å². The summed E-state index contributed by atoms with van der Waals surface area (Å²) < 4.78 is 5.57. The molecule has 0 aliphatic carbocycles. The highest BCUT2D eigenvalue weighted by molar-refractivity contribution is 6.04. The number of nitrogens with one attached hydrogen (secondary N) is 1. The zero-order chi connectivity index (χ0) is 32.1. The molecule has 46 heavy (non-hydrogen) atoms. The fourth-order valence-electron chi connectivity index (χ4n) is 5.19. The molecule has 0 aliphatic rings. The van der Waals surface area contributed by atoms with E-state index in [1.165, 1.54) is 49.7 Å². The summed E-state index contributed by atoms with van der Waals surface area (Å²) in [5.74, 6) is -0.292. The number of hydrogen-bond acceptors (Lipinski definition) is 5. The summed E-state index contributed by atoms with van der Waals surface area (Å²) in [5.41, 5.74) is 7.72. The molecule has 0 aliphatic heterocycles. The van der Waals surface area contributed by atoms with Crippen molar-refractivity contribution in [2.75, 3.05) is 5.32 Å². The fourth-order valence-corrected chi connectivity index (χ4v) is 5.19. The molecule has 0 unspecified atom stereocenters. The van der Waals surface area contributed by atoms with E-state index in [9.17, 15) is 9.59 Å². The number of unbranched alkanes of at least 4 members (excludes halogenated alkanes) is 4. The Balaban J connectivity index is 1.11. The van der Waals surface area contributed by atoms with Gasteiger partial charge < -0.3 is 10.1 Å². The first-order chi connectivity index (χ1) is 22.5. The molecular formula is C40H41N3O3. The first-order valence-corrected chi connectivity index (χ1v) is 16.3. The molecule has 2 aromatic heterocycles. The second-order valence-electron chi connectivity index (χ2n) is 11.5. The number of benzene rings is 3. The lowest BCUT2D eigenvalue weighted by Gasteiger charge is -2.09. The van der Waals surface area contributed by atoms with Crippen LogP contribution in [-0.4, -0.2) is 21.8 Å². The topological polar surface area (TPSA) is 81.2 Å². The van der Waals surface area contributed by atoms with Crippen LogP contribution in [0.15, 0.2) is 109 Å². The van der Waals surface area contributed by atoms with Crippen LogP contribution in [0.3, 0.4) is 0 Å². The molecule has 6 heteroatoms. The van der Waals surface area contributed by atoms with Crippen molar-refractivity contribution in [1.29, 1.82) is 0 Å². The third kappa shape index (κ3) is 8.98. The smallest absolute Gasteiger partial charge is 0.343 e. The molecule has 0 bridgehead atoms. The van der Waals surface area contributed by atoms with Crippen molar-refractivity contribution in [2.45, 2.75) is 65.2 Å². The van der Waals surface area contributed by atoms with Gasteiger partial charge in [0, 0.05) is 34.8 Å². The molecule has 234 valence electrons. The van der Waals surface area contributed by atoms with Crippen molar-refractivity contribution < 1.29 is 14.3 Å². The average Bonchev–Trinajstić information content (AvgIpc) is 3.10. The van der Waals surface area contributed by atoms with Gasteiger partial charge in [0.05, 0.1) is 17.0 Å². The third-order valence-electron chi connectivity index (χ3n) is 7.97. The molecule has 0 saturated carbocycles. The lowest BCUT2D eigenvalue weighted by Crippen LogP contribution is -2.12. The molecule has 5 rings (SSSR count). The predicted molar refractivity (Wildman–Crippen MR) is 185 cm³/mol. The van der Waals surface area contributed by atoms with E-state index in [1.54, 1.807) is 48.5 Å². The minimum absolute atomic E-state index is 0.226. The number of amides is 1. The van der Waals surface area contributed by atoms with Crippen molar-refractivity contribution >= 4 is 17.6 Å². The summed E-state index contributed by atoms with van der Waals surface area (Å²) in [5, 5.41) is 2.90. The molecule has 0 saturated heterocycles. The number of rotatable bonds is 14. The van der Waals surface area contributed by atoms with Gasteiger partial charge in [0.2, 0.25) is 0 Å². The number of hydrogen-bond donors (Lipinski definition) is 1. The van der Waals surface area contributed by atoms with Crippen LogP contribution in [-0.2, 0) is 12.8 Å². The fraction of sp³-hybridized carbons (Fsp3) is 0.250. The SMILES string of the molecule is CCCCCc1ccc(-c2ccc(C(=O)Nc3ccc(OC(=O)c4ccc(-c5ccc(CCCCC)cn5)cc4)cc3)cc2)nc1. The Kier molecular flexibility index (Phi) is 11.4. The normalized spacial score (nSPS) is 10.8. The van der Waals surface area contributed by atoms with E-state index in [-0.39, 0.29) is 5.91 Å². The van der Waals surface area contributed by atoms with Gasteiger partial charge in [-0.3, -0.25) is 14.8 Å². The summed E-state index contributed by atoms with van der Waals surface area (Å²) in [7, 11) is 0. The number of nitrogens with zero attached hydrogens (tertiary/aromatic N) is 2. The van der Waals surface area contributed by atoms with Crippen LogP contribution >= 0.6 is 0 Å². The quantitative estimate of drug-likeness (QED) is 0.0768. The molecule has 2 heterocycles. The number of esters is 1. The van der Waals surface area contributed by atoms with Crippen molar-refractivity contribution in [1.82, 2.24) is 9.97 Å². The molecule has 0 radical (unpaired) electrons. The number of ether oxygens (including phenoxy) is 1.